The van der Waals surface area contributed by atoms with Gasteiger partial charge in [0, 0.05) is 63.1 Å². The van der Waals surface area contributed by atoms with Gasteiger partial charge in [-0.3, -0.25) is 0 Å². The van der Waals surface area contributed by atoms with Crippen molar-refractivity contribution < 1.29 is 61.3 Å². The van der Waals surface area contributed by atoms with Gasteiger partial charge in [-0.05, 0) is 83.5 Å². The highest BCUT2D eigenvalue weighted by atomic mass is 32.2. The predicted octanol–water partition coefficient (Wildman–Crippen LogP) is 11.8. The van der Waals surface area contributed by atoms with Gasteiger partial charge in [0.25, 0.3) is 0 Å². The van der Waals surface area contributed by atoms with Crippen molar-refractivity contribution in [2.24, 2.45) is 0 Å². The Labute approximate surface area is 510 Å². The van der Waals surface area contributed by atoms with Crippen molar-refractivity contribution in [2.45, 2.75) is 272 Å². The van der Waals surface area contributed by atoms with Gasteiger partial charge >= 0.3 is 0 Å². The maximum absolute atomic E-state index is 9.25. The number of aliphatic hydroxyl groups excluding tert-OH is 11. The summed E-state index contributed by atoms with van der Waals surface area (Å²) in [6.45, 7) is 50.4. The Morgan fingerprint density at radius 3 is 0.987 bits per heavy atom. The minimum atomic E-state index is -0.602. The van der Waals surface area contributed by atoms with Crippen LogP contribution in [0.3, 0.4) is 0 Å². The van der Waals surface area contributed by atoms with Gasteiger partial charge in [-0.2, -0.15) is 82.3 Å². The van der Waals surface area contributed by atoms with E-state index in [1.165, 1.54) is 23.5 Å². The molecule has 0 aromatic carbocycles. The summed E-state index contributed by atoms with van der Waals surface area (Å²) in [6, 6.07) is 0. The van der Waals surface area contributed by atoms with Gasteiger partial charge in [-0.1, -0.05) is 139 Å². The summed E-state index contributed by atoms with van der Waals surface area (Å²) in [5, 5.41) is 109. The summed E-state index contributed by atoms with van der Waals surface area (Å²) < 4.78 is 0.0359. The van der Waals surface area contributed by atoms with E-state index < -0.39 is 22.6 Å². The molecule has 0 saturated carbocycles. The second kappa shape index (κ2) is 71.9. The summed E-state index contributed by atoms with van der Waals surface area (Å²) >= 11 is 15.4. The molecule has 0 aliphatic rings. The van der Waals surface area contributed by atoms with E-state index in [0.717, 1.165) is 29.4 Å². The first-order valence-corrected chi connectivity index (χ1v) is 35.6. The second-order valence-electron chi connectivity index (χ2n) is 20.5. The molecule has 21 heteroatoms. The molecular weight excluding hydrogens is 1140 g/mol. The van der Waals surface area contributed by atoms with Crippen LogP contribution in [0.15, 0.2) is 0 Å². The van der Waals surface area contributed by atoms with Crippen molar-refractivity contribution in [3.05, 3.63) is 0 Å². The molecule has 0 bridgehead atoms. The largest absolute Gasteiger partial charge is 0.396 e. The van der Waals surface area contributed by atoms with Gasteiger partial charge in [0.05, 0.1) is 50.8 Å². The monoisotopic (exact) mass is 1270 g/mol. The number of aliphatic hydroxyl groups is 12. The standard InChI is InChI=1S/2C7H16OS.2C6H14O2S.3C6H14OS.C5H12O2S.C5H12OS.CH4/c1-6(2)9-5-7(3,4)8;1-6(2)9-7(3,4)5-8;1-5(2)9-4-6(8)3-7;1-5(2)9-6(8)3-4-7;1-5(2)8-4-6(3)7;1-5(2)8-6(3)4-7;1-6(2)8-5-3-4-7;1-4(2)8-5(7)3-6;1-5(2)7-4-3-6;/h2*6,8H,5H2,1-4H3;2*5-8H,3-4H2,1-2H3;2*5-7H,4H2,1-3H3;6-7H,3-5H2,1-2H3;4-7H,3H2,1-2H3;5-6H,3-4H2,1-2H3;1H4. The van der Waals surface area contributed by atoms with Crippen LogP contribution in [0.1, 0.15) is 186 Å². The summed E-state index contributed by atoms with van der Waals surface area (Å²) in [5.74, 6) is 4.28. The first-order chi connectivity index (χ1) is 34.2. The summed E-state index contributed by atoms with van der Waals surface area (Å²) in [7, 11) is 0. The highest BCUT2D eigenvalue weighted by Crippen LogP contribution is 2.27. The molecule has 0 radical (unpaired) electrons. The Bertz CT molecular complexity index is 993. The average molecular weight is 1270 g/mol. The van der Waals surface area contributed by atoms with Crippen LogP contribution < -0.4 is 0 Å². The van der Waals surface area contributed by atoms with Gasteiger partial charge in [-0.15, -0.1) is 23.5 Å². The van der Waals surface area contributed by atoms with Crippen LogP contribution in [0.5, 0.6) is 0 Å². The molecule has 0 aliphatic heterocycles. The van der Waals surface area contributed by atoms with Gasteiger partial charge in [0.1, 0.15) is 10.9 Å². The van der Waals surface area contributed by atoms with E-state index in [-0.39, 0.29) is 44.7 Å². The van der Waals surface area contributed by atoms with E-state index in [1.54, 1.807) is 70.6 Å². The average Bonchev–Trinajstić information content (AvgIpc) is 3.26. The lowest BCUT2D eigenvalue weighted by Gasteiger charge is -2.22. The van der Waals surface area contributed by atoms with Crippen LogP contribution in [-0.2, 0) is 0 Å². The Kier molecular flexibility index (Phi) is 95.3. The van der Waals surface area contributed by atoms with Crippen LogP contribution in [0.2, 0.25) is 0 Å². The van der Waals surface area contributed by atoms with Crippen molar-refractivity contribution in [1.29, 1.82) is 0 Å². The summed E-state index contributed by atoms with van der Waals surface area (Å²) in [5.41, 5.74) is -1.50. The zero-order valence-corrected chi connectivity index (χ0v) is 59.4. The van der Waals surface area contributed by atoms with Crippen molar-refractivity contribution in [3.63, 3.8) is 0 Å². The first kappa shape index (κ1) is 101. The molecule has 0 heterocycles. The van der Waals surface area contributed by atoms with E-state index in [2.05, 4.69) is 111 Å². The third kappa shape index (κ3) is 137. The quantitative estimate of drug-likeness (QED) is 0.0236. The third-order valence-corrected chi connectivity index (χ3v) is 17.6. The highest BCUT2D eigenvalue weighted by Gasteiger charge is 2.18. The molecule has 0 spiro atoms. The van der Waals surface area contributed by atoms with Crippen LogP contribution in [0, 0.1) is 0 Å². The smallest absolute Gasteiger partial charge is 0.123 e. The molecule has 0 rings (SSSR count). The minimum Gasteiger partial charge on any atom is -0.396 e. The molecule has 12 nitrogen and oxygen atoms in total. The van der Waals surface area contributed by atoms with E-state index in [9.17, 15) is 5.11 Å². The van der Waals surface area contributed by atoms with Gasteiger partial charge < -0.3 is 61.3 Å². The zero-order chi connectivity index (χ0) is 61.3. The highest BCUT2D eigenvalue weighted by molar-refractivity contribution is 8.02. The topological polar surface area (TPSA) is 243 Å². The lowest BCUT2D eigenvalue weighted by atomic mass is 10.2. The molecule has 12 N–H and O–H groups in total. The fraction of sp³-hybridized carbons (Fsp3) is 1.00. The molecule has 5 unspecified atom stereocenters. The molecule has 0 saturated heterocycles. The Morgan fingerprint density at radius 2 is 0.789 bits per heavy atom. The number of rotatable bonds is 30. The SMILES string of the molecule is C.CC(C)SC(C)(C)CO.CC(C)SC(C)CO.CC(C)SC(O)CCO.CC(C)SC(O)CO.CC(C)SCC(C)(C)O.CC(C)SCC(O)CO.CC(C)SCCCO.CC(C)SCCO.CC(O)CSC(C)C. The molecule has 0 fully saturated rings. The first-order valence-electron chi connectivity index (χ1n) is 26.6. The summed E-state index contributed by atoms with van der Waals surface area (Å²) in [6.07, 6.45) is 0.714. The number of thioether (sulfide) groups is 9. The van der Waals surface area contributed by atoms with Crippen molar-refractivity contribution >= 4 is 106 Å². The third-order valence-electron chi connectivity index (χ3n) is 6.66. The van der Waals surface area contributed by atoms with Crippen molar-refractivity contribution in [2.75, 3.05) is 75.0 Å². The van der Waals surface area contributed by atoms with Crippen LogP contribution >= 0.6 is 106 Å². The number of hydrogen-bond acceptors (Lipinski definition) is 21. The van der Waals surface area contributed by atoms with E-state index in [1.807, 2.05) is 67.2 Å². The molecule has 0 amide bonds. The predicted molar refractivity (Wildman–Crippen MR) is 364 cm³/mol. The Morgan fingerprint density at radius 1 is 0.395 bits per heavy atom. The zero-order valence-electron chi connectivity index (χ0n) is 52.0. The van der Waals surface area contributed by atoms with Gasteiger partial charge in [0.15, 0.2) is 0 Å². The van der Waals surface area contributed by atoms with Crippen LogP contribution in [0.25, 0.3) is 0 Å². The van der Waals surface area contributed by atoms with E-state index in [0.29, 0.717) is 84.5 Å². The maximum Gasteiger partial charge on any atom is 0.123 e. The number of hydrogen-bond donors (Lipinski definition) is 12. The van der Waals surface area contributed by atoms with Gasteiger partial charge in [0.2, 0.25) is 0 Å². The summed E-state index contributed by atoms with van der Waals surface area (Å²) in [4.78, 5) is 0. The fourth-order valence-electron chi connectivity index (χ4n) is 3.76. The molecule has 0 aromatic rings. The molecule has 0 aromatic heterocycles. The van der Waals surface area contributed by atoms with E-state index >= 15 is 0 Å². The molecular formula is C55H130O12S9. The van der Waals surface area contributed by atoms with Crippen molar-refractivity contribution in [3.8, 4) is 0 Å². The van der Waals surface area contributed by atoms with Crippen LogP contribution in [0.4, 0.5) is 0 Å². The van der Waals surface area contributed by atoms with Crippen molar-refractivity contribution in [1.82, 2.24) is 0 Å². The van der Waals surface area contributed by atoms with Gasteiger partial charge in [-0.25, -0.2) is 0 Å². The van der Waals surface area contributed by atoms with Crippen LogP contribution in [-0.4, -0.2) is 222 Å². The molecule has 0 aliphatic carbocycles. The normalized spacial score (nSPS) is 13.1. The molecule has 476 valence electrons. The lowest BCUT2D eigenvalue weighted by molar-refractivity contribution is 0.107. The second-order valence-corrected chi connectivity index (χ2v) is 36.5. The van der Waals surface area contributed by atoms with E-state index in [4.69, 9.17) is 56.2 Å². The fourth-order valence-corrected chi connectivity index (χ4v) is 11.2. The Hall–Kier alpha value is 2.67. The Balaban J connectivity index is -0.0000000805. The lowest BCUT2D eigenvalue weighted by Crippen LogP contribution is -2.22. The maximum atomic E-state index is 9.25. The minimum absolute atomic E-state index is 0. The molecule has 5 atom stereocenters. The molecule has 76 heavy (non-hydrogen) atoms.